The fourth-order valence-corrected chi connectivity index (χ4v) is 3.95. The fraction of sp³-hybridized carbons (Fsp3) is 1.00. The number of hydrogen-bond acceptors (Lipinski definition) is 3. The zero-order valence-corrected chi connectivity index (χ0v) is 11.0. The van der Waals surface area contributed by atoms with Crippen molar-refractivity contribution in [1.29, 1.82) is 0 Å². The van der Waals surface area contributed by atoms with E-state index >= 15 is 0 Å². The van der Waals surface area contributed by atoms with Crippen LogP contribution in [0.1, 0.15) is 38.5 Å². The van der Waals surface area contributed by atoms with Crippen molar-refractivity contribution in [3.8, 4) is 0 Å². The molecule has 17 heavy (non-hydrogen) atoms. The Morgan fingerprint density at radius 2 is 1.88 bits per heavy atom. The molecular formula is C14H27N3. The summed E-state index contributed by atoms with van der Waals surface area (Å²) in [6, 6.07) is 1.53. The van der Waals surface area contributed by atoms with Gasteiger partial charge in [0.15, 0.2) is 0 Å². The van der Waals surface area contributed by atoms with Crippen molar-refractivity contribution in [3.63, 3.8) is 0 Å². The average Bonchev–Trinajstić information content (AvgIpc) is 2.33. The number of hydrogen-bond donors (Lipinski definition) is 1. The van der Waals surface area contributed by atoms with E-state index in [1.54, 1.807) is 0 Å². The van der Waals surface area contributed by atoms with Crippen LogP contribution >= 0.6 is 0 Å². The van der Waals surface area contributed by atoms with Gasteiger partial charge in [-0.15, -0.1) is 0 Å². The van der Waals surface area contributed by atoms with E-state index in [4.69, 9.17) is 5.73 Å². The van der Waals surface area contributed by atoms with Gasteiger partial charge in [0.1, 0.15) is 0 Å². The summed E-state index contributed by atoms with van der Waals surface area (Å²) in [4.78, 5) is 5.44. The summed E-state index contributed by atoms with van der Waals surface area (Å²) in [7, 11) is 0. The highest BCUT2D eigenvalue weighted by molar-refractivity contribution is 4.92. The Bertz CT molecular complexity index is 252. The highest BCUT2D eigenvalue weighted by Gasteiger charge is 2.36. The molecule has 3 fully saturated rings. The smallest absolute Gasteiger partial charge is 0.0247 e. The highest BCUT2D eigenvalue weighted by atomic mass is 15.3. The van der Waals surface area contributed by atoms with E-state index in [1.165, 1.54) is 64.7 Å². The molecule has 1 aliphatic carbocycles. The molecule has 0 bridgehead atoms. The lowest BCUT2D eigenvalue weighted by atomic mass is 9.78. The van der Waals surface area contributed by atoms with Crippen LogP contribution < -0.4 is 5.73 Å². The van der Waals surface area contributed by atoms with Crippen molar-refractivity contribution >= 4 is 0 Å². The third-order valence-corrected chi connectivity index (χ3v) is 5.27. The number of nitrogens with zero attached hydrogens (tertiary/aromatic N) is 2. The zero-order chi connectivity index (χ0) is 11.7. The largest absolute Gasteiger partial charge is 0.329 e. The van der Waals surface area contributed by atoms with Gasteiger partial charge in [0.2, 0.25) is 0 Å². The predicted octanol–water partition coefficient (Wildman–Crippen LogP) is 1.28. The van der Waals surface area contributed by atoms with Gasteiger partial charge in [0.25, 0.3) is 0 Å². The predicted molar refractivity (Wildman–Crippen MR) is 71.0 cm³/mol. The second kappa shape index (κ2) is 5.25. The molecule has 0 radical (unpaired) electrons. The van der Waals surface area contributed by atoms with Crippen LogP contribution in [0.5, 0.6) is 0 Å². The van der Waals surface area contributed by atoms with Crippen LogP contribution in [-0.2, 0) is 0 Å². The van der Waals surface area contributed by atoms with E-state index in [1.807, 2.05) is 0 Å². The molecule has 0 spiro atoms. The number of fused-ring (bicyclic) bond motifs is 1. The normalized spacial score (nSPS) is 34.1. The molecular weight excluding hydrogens is 210 g/mol. The van der Waals surface area contributed by atoms with Gasteiger partial charge in [0.05, 0.1) is 0 Å². The standard InChI is InChI=1S/C14H27N3/c15-10-14(12-4-3-5-12)17-9-8-16-7-2-1-6-13(16)11-17/h12-14H,1-11,15H2. The molecule has 2 N–H and O–H groups in total. The molecule has 3 nitrogen and oxygen atoms in total. The molecule has 1 saturated carbocycles. The average molecular weight is 237 g/mol. The van der Waals surface area contributed by atoms with Crippen molar-refractivity contribution in [1.82, 2.24) is 9.80 Å². The Balaban J connectivity index is 1.59. The van der Waals surface area contributed by atoms with Crippen molar-refractivity contribution < 1.29 is 0 Å². The van der Waals surface area contributed by atoms with Gasteiger partial charge >= 0.3 is 0 Å². The van der Waals surface area contributed by atoms with E-state index in [2.05, 4.69) is 9.80 Å². The molecule has 0 amide bonds. The zero-order valence-electron chi connectivity index (χ0n) is 11.0. The fourth-order valence-electron chi connectivity index (χ4n) is 3.95. The van der Waals surface area contributed by atoms with E-state index in [0.29, 0.717) is 6.04 Å². The summed E-state index contributed by atoms with van der Waals surface area (Å²) >= 11 is 0. The molecule has 0 aromatic carbocycles. The van der Waals surface area contributed by atoms with E-state index in [9.17, 15) is 0 Å². The molecule has 3 heteroatoms. The van der Waals surface area contributed by atoms with E-state index in [0.717, 1.165) is 18.5 Å². The lowest BCUT2D eigenvalue weighted by Gasteiger charge is -2.49. The first-order chi connectivity index (χ1) is 8.38. The summed E-state index contributed by atoms with van der Waals surface area (Å²) in [6.07, 6.45) is 8.55. The van der Waals surface area contributed by atoms with Crippen molar-refractivity contribution in [3.05, 3.63) is 0 Å². The molecule has 0 aromatic heterocycles. The molecule has 2 heterocycles. The Labute approximate surface area is 105 Å². The lowest BCUT2D eigenvalue weighted by molar-refractivity contribution is 0.00280. The first-order valence-electron chi connectivity index (χ1n) is 7.56. The molecule has 2 saturated heterocycles. The minimum atomic E-state index is 0.688. The minimum Gasteiger partial charge on any atom is -0.329 e. The molecule has 2 atom stereocenters. The molecule has 2 aliphatic heterocycles. The second-order valence-corrected chi connectivity index (χ2v) is 6.17. The number of piperazine rings is 1. The summed E-state index contributed by atoms with van der Waals surface area (Å²) in [6.45, 7) is 6.05. The molecule has 3 rings (SSSR count). The third-order valence-electron chi connectivity index (χ3n) is 5.27. The van der Waals surface area contributed by atoms with E-state index < -0.39 is 0 Å². The third kappa shape index (κ3) is 2.38. The van der Waals surface area contributed by atoms with E-state index in [-0.39, 0.29) is 0 Å². The van der Waals surface area contributed by atoms with Crippen molar-refractivity contribution in [2.75, 3.05) is 32.7 Å². The van der Waals surface area contributed by atoms with Crippen LogP contribution in [0.25, 0.3) is 0 Å². The maximum absolute atomic E-state index is 6.03. The summed E-state index contributed by atoms with van der Waals surface area (Å²) < 4.78 is 0. The second-order valence-electron chi connectivity index (χ2n) is 6.17. The van der Waals surface area contributed by atoms with Crippen LogP contribution in [-0.4, -0.2) is 54.6 Å². The Morgan fingerprint density at radius 3 is 2.59 bits per heavy atom. The molecule has 0 aromatic rings. The van der Waals surface area contributed by atoms with Gasteiger partial charge in [-0.2, -0.15) is 0 Å². The van der Waals surface area contributed by atoms with Crippen molar-refractivity contribution in [2.24, 2.45) is 11.7 Å². The molecule has 3 aliphatic rings. The Hall–Kier alpha value is -0.120. The summed E-state index contributed by atoms with van der Waals surface area (Å²) in [5, 5.41) is 0. The number of piperidine rings is 1. The first kappa shape index (κ1) is 11.9. The van der Waals surface area contributed by atoms with Crippen LogP contribution in [0.4, 0.5) is 0 Å². The van der Waals surface area contributed by atoms with Gasteiger partial charge in [0, 0.05) is 38.3 Å². The highest BCUT2D eigenvalue weighted by Crippen LogP contribution is 2.33. The molecule has 98 valence electrons. The lowest BCUT2D eigenvalue weighted by Crippen LogP contribution is -2.60. The van der Waals surface area contributed by atoms with Gasteiger partial charge < -0.3 is 5.73 Å². The van der Waals surface area contributed by atoms with Gasteiger partial charge in [-0.05, 0) is 38.1 Å². The van der Waals surface area contributed by atoms with Crippen LogP contribution in [0.2, 0.25) is 0 Å². The Kier molecular flexibility index (Phi) is 3.69. The van der Waals surface area contributed by atoms with Crippen LogP contribution in [0.15, 0.2) is 0 Å². The first-order valence-corrected chi connectivity index (χ1v) is 7.56. The summed E-state index contributed by atoms with van der Waals surface area (Å²) in [5.41, 5.74) is 6.03. The van der Waals surface area contributed by atoms with Crippen molar-refractivity contribution in [2.45, 2.75) is 50.6 Å². The van der Waals surface area contributed by atoms with Gasteiger partial charge in [-0.25, -0.2) is 0 Å². The summed E-state index contributed by atoms with van der Waals surface area (Å²) in [5.74, 6) is 0.912. The maximum atomic E-state index is 6.03. The minimum absolute atomic E-state index is 0.688. The van der Waals surface area contributed by atoms with Gasteiger partial charge in [-0.1, -0.05) is 12.8 Å². The van der Waals surface area contributed by atoms with Crippen LogP contribution in [0.3, 0.4) is 0 Å². The van der Waals surface area contributed by atoms with Gasteiger partial charge in [-0.3, -0.25) is 9.80 Å². The number of rotatable bonds is 3. The quantitative estimate of drug-likeness (QED) is 0.803. The Morgan fingerprint density at radius 1 is 1.00 bits per heavy atom. The number of nitrogens with two attached hydrogens (primary N) is 1. The SMILES string of the molecule is NCC(C1CCC1)N1CCN2CCCCC2C1. The molecule has 2 unspecified atom stereocenters. The monoisotopic (exact) mass is 237 g/mol. The maximum Gasteiger partial charge on any atom is 0.0247 e. The van der Waals surface area contributed by atoms with Crippen LogP contribution in [0, 0.1) is 5.92 Å². The topological polar surface area (TPSA) is 32.5 Å².